The van der Waals surface area contributed by atoms with Gasteiger partial charge in [0.05, 0.1) is 7.11 Å². The molecule has 0 radical (unpaired) electrons. The number of halogens is 1. The first kappa shape index (κ1) is 18.5. The van der Waals surface area contributed by atoms with Crippen molar-refractivity contribution in [1.29, 1.82) is 0 Å². The average Bonchev–Trinajstić information content (AvgIpc) is 2.60. The Bertz CT molecular complexity index is 586. The molecule has 0 amide bonds. The van der Waals surface area contributed by atoms with Crippen LogP contribution in [0.15, 0.2) is 24.3 Å². The maximum atomic E-state index is 11.8. The number of ketones is 1. The van der Waals surface area contributed by atoms with E-state index in [0.717, 1.165) is 24.5 Å². The molecule has 0 spiro atoms. The van der Waals surface area contributed by atoms with Crippen LogP contribution < -0.4 is 9.47 Å². The number of likely N-dealkylation sites (tertiary alicyclic amines) is 1. The number of para-hydroxylation sites is 2. The van der Waals surface area contributed by atoms with E-state index in [9.17, 15) is 9.59 Å². The van der Waals surface area contributed by atoms with Gasteiger partial charge in [-0.05, 0) is 12.1 Å². The van der Waals surface area contributed by atoms with Gasteiger partial charge in [-0.3, -0.25) is 9.59 Å². The van der Waals surface area contributed by atoms with E-state index < -0.39 is 11.9 Å². The standard InChI is InChI=1S/C17H21NO5.ClH/c1-21-17(20)13-10-18(9-7-14(13)19)8-6-12-11-22-15-4-2-3-5-16(15)23-12;/h2-5,12-13H,6-11H2,1H3;1H. The largest absolute Gasteiger partial charge is 0.486 e. The first-order valence-corrected chi connectivity index (χ1v) is 7.88. The quantitative estimate of drug-likeness (QED) is 0.605. The van der Waals surface area contributed by atoms with Gasteiger partial charge in [0, 0.05) is 32.5 Å². The molecule has 2 unspecified atom stereocenters. The SMILES string of the molecule is COC(=O)C1CN(CCC2COc3ccccc3O2)CCC1=O.Cl. The molecule has 0 N–H and O–H groups in total. The minimum Gasteiger partial charge on any atom is -0.486 e. The molecule has 3 rings (SSSR count). The van der Waals surface area contributed by atoms with Gasteiger partial charge in [-0.1, -0.05) is 12.1 Å². The van der Waals surface area contributed by atoms with Crippen LogP contribution in [-0.4, -0.2) is 56.1 Å². The highest BCUT2D eigenvalue weighted by Gasteiger charge is 2.33. The van der Waals surface area contributed by atoms with Crippen molar-refractivity contribution in [1.82, 2.24) is 4.90 Å². The van der Waals surface area contributed by atoms with E-state index in [1.807, 2.05) is 24.3 Å². The number of ether oxygens (including phenoxy) is 3. The molecule has 1 aromatic rings. The summed E-state index contributed by atoms with van der Waals surface area (Å²) in [7, 11) is 1.32. The molecule has 7 heteroatoms. The van der Waals surface area contributed by atoms with Crippen LogP contribution in [0.5, 0.6) is 11.5 Å². The number of piperidine rings is 1. The van der Waals surface area contributed by atoms with Crippen LogP contribution in [0.2, 0.25) is 0 Å². The van der Waals surface area contributed by atoms with Crippen molar-refractivity contribution >= 4 is 24.2 Å². The molecule has 0 bridgehead atoms. The number of methoxy groups -OCH3 is 1. The minimum atomic E-state index is -0.655. The molecule has 132 valence electrons. The minimum absolute atomic E-state index is 0. The maximum absolute atomic E-state index is 11.8. The molecule has 0 saturated carbocycles. The second-order valence-corrected chi connectivity index (χ2v) is 5.88. The average molecular weight is 356 g/mol. The van der Waals surface area contributed by atoms with Crippen LogP contribution in [0.1, 0.15) is 12.8 Å². The van der Waals surface area contributed by atoms with Gasteiger partial charge in [0.15, 0.2) is 11.5 Å². The Hall–Kier alpha value is -1.79. The van der Waals surface area contributed by atoms with Crippen LogP contribution in [0, 0.1) is 5.92 Å². The van der Waals surface area contributed by atoms with Crippen molar-refractivity contribution < 1.29 is 23.8 Å². The van der Waals surface area contributed by atoms with Crippen molar-refractivity contribution in [2.75, 3.05) is 33.4 Å². The van der Waals surface area contributed by atoms with Gasteiger partial charge in [-0.2, -0.15) is 0 Å². The third-order valence-electron chi connectivity index (χ3n) is 4.32. The number of Topliss-reactive ketones (excluding diaryl/α,β-unsaturated/α-hetero) is 1. The summed E-state index contributed by atoms with van der Waals surface area (Å²) in [5.74, 6) is 0.422. The first-order valence-electron chi connectivity index (χ1n) is 7.88. The summed E-state index contributed by atoms with van der Waals surface area (Å²) in [6.07, 6.45) is 1.17. The Morgan fingerprint density at radius 3 is 2.83 bits per heavy atom. The lowest BCUT2D eigenvalue weighted by Crippen LogP contribution is -2.46. The third kappa shape index (κ3) is 4.19. The highest BCUT2D eigenvalue weighted by Crippen LogP contribution is 2.31. The van der Waals surface area contributed by atoms with Gasteiger partial charge in [0.1, 0.15) is 24.4 Å². The second kappa shape index (κ2) is 8.35. The predicted molar refractivity (Wildman–Crippen MR) is 89.8 cm³/mol. The molecular weight excluding hydrogens is 334 g/mol. The van der Waals surface area contributed by atoms with E-state index in [4.69, 9.17) is 14.2 Å². The van der Waals surface area contributed by atoms with Gasteiger partial charge >= 0.3 is 5.97 Å². The summed E-state index contributed by atoms with van der Waals surface area (Å²) in [5.41, 5.74) is 0. The summed E-state index contributed by atoms with van der Waals surface area (Å²) in [6.45, 7) is 2.38. The molecule has 2 atom stereocenters. The van der Waals surface area contributed by atoms with E-state index >= 15 is 0 Å². The van der Waals surface area contributed by atoms with Gasteiger partial charge in [0.25, 0.3) is 0 Å². The van der Waals surface area contributed by atoms with E-state index in [0.29, 0.717) is 26.1 Å². The van der Waals surface area contributed by atoms with Crippen molar-refractivity contribution in [2.24, 2.45) is 5.92 Å². The van der Waals surface area contributed by atoms with Crippen LogP contribution in [-0.2, 0) is 14.3 Å². The van der Waals surface area contributed by atoms with Crippen LogP contribution >= 0.6 is 12.4 Å². The molecule has 1 aromatic carbocycles. The molecule has 2 aliphatic rings. The van der Waals surface area contributed by atoms with E-state index in [1.165, 1.54) is 7.11 Å². The number of esters is 1. The lowest BCUT2D eigenvalue weighted by molar-refractivity contribution is -0.151. The van der Waals surface area contributed by atoms with Gasteiger partial charge in [-0.25, -0.2) is 0 Å². The number of benzene rings is 1. The van der Waals surface area contributed by atoms with Gasteiger partial charge in [0.2, 0.25) is 0 Å². The number of nitrogens with zero attached hydrogens (tertiary/aromatic N) is 1. The monoisotopic (exact) mass is 355 g/mol. The van der Waals surface area contributed by atoms with E-state index in [2.05, 4.69) is 4.90 Å². The molecule has 6 nitrogen and oxygen atoms in total. The Balaban J connectivity index is 0.00000208. The molecule has 24 heavy (non-hydrogen) atoms. The molecule has 2 aliphatic heterocycles. The molecule has 1 saturated heterocycles. The Labute approximate surface area is 147 Å². The number of fused-ring (bicyclic) bond motifs is 1. The van der Waals surface area contributed by atoms with Gasteiger partial charge < -0.3 is 19.1 Å². The fourth-order valence-electron chi connectivity index (χ4n) is 2.98. The van der Waals surface area contributed by atoms with Crippen molar-refractivity contribution in [3.05, 3.63) is 24.3 Å². The zero-order valence-corrected chi connectivity index (χ0v) is 14.4. The molecular formula is C17H22ClNO5. The lowest BCUT2D eigenvalue weighted by Gasteiger charge is -2.32. The topological polar surface area (TPSA) is 65.1 Å². The number of rotatable bonds is 4. The zero-order valence-electron chi connectivity index (χ0n) is 13.6. The highest BCUT2D eigenvalue weighted by atomic mass is 35.5. The molecule has 2 heterocycles. The highest BCUT2D eigenvalue weighted by molar-refractivity contribution is 5.99. The number of carbonyl (C=O) groups is 2. The smallest absolute Gasteiger partial charge is 0.317 e. The summed E-state index contributed by atoms with van der Waals surface area (Å²) < 4.78 is 16.3. The summed E-state index contributed by atoms with van der Waals surface area (Å²) in [4.78, 5) is 25.6. The Kier molecular flexibility index (Phi) is 6.45. The third-order valence-corrected chi connectivity index (χ3v) is 4.32. The summed E-state index contributed by atoms with van der Waals surface area (Å²) >= 11 is 0. The number of hydrogen-bond donors (Lipinski definition) is 0. The fourth-order valence-corrected chi connectivity index (χ4v) is 2.98. The van der Waals surface area contributed by atoms with Crippen LogP contribution in [0.4, 0.5) is 0 Å². The lowest BCUT2D eigenvalue weighted by atomic mass is 9.96. The van der Waals surface area contributed by atoms with E-state index in [1.54, 1.807) is 0 Å². The Morgan fingerprint density at radius 1 is 1.33 bits per heavy atom. The second-order valence-electron chi connectivity index (χ2n) is 5.88. The normalized spacial score (nSPS) is 23.3. The first-order chi connectivity index (χ1) is 11.2. The maximum Gasteiger partial charge on any atom is 0.317 e. The number of carbonyl (C=O) groups excluding carboxylic acids is 2. The van der Waals surface area contributed by atoms with Crippen molar-refractivity contribution in [3.8, 4) is 11.5 Å². The molecule has 1 fully saturated rings. The number of hydrogen-bond acceptors (Lipinski definition) is 6. The summed E-state index contributed by atoms with van der Waals surface area (Å²) in [6, 6.07) is 7.62. The molecule has 0 aromatic heterocycles. The van der Waals surface area contributed by atoms with Crippen LogP contribution in [0.25, 0.3) is 0 Å². The van der Waals surface area contributed by atoms with Crippen molar-refractivity contribution in [2.45, 2.75) is 18.9 Å². The van der Waals surface area contributed by atoms with Crippen molar-refractivity contribution in [3.63, 3.8) is 0 Å². The fraction of sp³-hybridized carbons (Fsp3) is 0.529. The Morgan fingerprint density at radius 2 is 2.08 bits per heavy atom. The molecule has 0 aliphatic carbocycles. The summed E-state index contributed by atoms with van der Waals surface area (Å²) in [5, 5.41) is 0. The van der Waals surface area contributed by atoms with Crippen LogP contribution in [0.3, 0.4) is 0 Å². The zero-order chi connectivity index (χ0) is 16.2. The predicted octanol–water partition coefficient (Wildman–Crippen LogP) is 1.70. The van der Waals surface area contributed by atoms with Gasteiger partial charge in [-0.15, -0.1) is 12.4 Å². The van der Waals surface area contributed by atoms with E-state index in [-0.39, 0.29) is 24.3 Å².